The standard InChI is InChI=1S/C9H13N3O/c1-8-4-5-10-9(11-8)12-6-2-3-7-13-12/h4-5H,2-3,6-7H2,1H3. The molecule has 0 saturated carbocycles. The van der Waals surface area contributed by atoms with Gasteiger partial charge in [-0.1, -0.05) is 0 Å². The van der Waals surface area contributed by atoms with Crippen LogP contribution >= 0.6 is 0 Å². The zero-order chi connectivity index (χ0) is 9.10. The van der Waals surface area contributed by atoms with E-state index in [4.69, 9.17) is 4.84 Å². The Morgan fingerprint density at radius 3 is 3.08 bits per heavy atom. The van der Waals surface area contributed by atoms with Crippen LogP contribution in [0.5, 0.6) is 0 Å². The highest BCUT2D eigenvalue weighted by Crippen LogP contribution is 2.13. The van der Waals surface area contributed by atoms with Crippen molar-refractivity contribution in [3.63, 3.8) is 0 Å². The predicted molar refractivity (Wildman–Crippen MR) is 49.3 cm³/mol. The minimum atomic E-state index is 0.680. The van der Waals surface area contributed by atoms with Crippen molar-refractivity contribution in [2.24, 2.45) is 0 Å². The third kappa shape index (κ3) is 1.95. The Hall–Kier alpha value is -1.16. The highest BCUT2D eigenvalue weighted by atomic mass is 16.7. The molecule has 0 amide bonds. The lowest BCUT2D eigenvalue weighted by Crippen LogP contribution is -2.31. The molecule has 0 radical (unpaired) electrons. The summed E-state index contributed by atoms with van der Waals surface area (Å²) in [5.74, 6) is 0.680. The van der Waals surface area contributed by atoms with E-state index in [0.29, 0.717) is 5.95 Å². The van der Waals surface area contributed by atoms with E-state index >= 15 is 0 Å². The second-order valence-corrected chi connectivity index (χ2v) is 3.14. The smallest absolute Gasteiger partial charge is 0.249 e. The Morgan fingerprint density at radius 1 is 1.46 bits per heavy atom. The molecular formula is C9H13N3O. The molecule has 2 rings (SSSR count). The molecule has 1 saturated heterocycles. The van der Waals surface area contributed by atoms with E-state index < -0.39 is 0 Å². The molecule has 1 fully saturated rings. The van der Waals surface area contributed by atoms with Gasteiger partial charge in [-0.25, -0.2) is 15.0 Å². The Balaban J connectivity index is 2.14. The van der Waals surface area contributed by atoms with Crippen molar-refractivity contribution in [1.29, 1.82) is 0 Å². The van der Waals surface area contributed by atoms with Gasteiger partial charge in [-0.15, -0.1) is 0 Å². The van der Waals surface area contributed by atoms with Gasteiger partial charge in [0.25, 0.3) is 0 Å². The summed E-state index contributed by atoms with van der Waals surface area (Å²) in [4.78, 5) is 13.9. The molecule has 2 heterocycles. The quantitative estimate of drug-likeness (QED) is 0.651. The molecule has 4 nitrogen and oxygen atoms in total. The maximum Gasteiger partial charge on any atom is 0.249 e. The normalized spacial score (nSPS) is 17.5. The average molecular weight is 179 g/mol. The number of hydrogen-bond donors (Lipinski definition) is 0. The van der Waals surface area contributed by atoms with Crippen LogP contribution in [0.3, 0.4) is 0 Å². The van der Waals surface area contributed by atoms with Gasteiger partial charge in [-0.2, -0.15) is 0 Å². The predicted octanol–water partition coefficient (Wildman–Crippen LogP) is 1.32. The van der Waals surface area contributed by atoms with Crippen LogP contribution in [0.25, 0.3) is 0 Å². The number of anilines is 1. The van der Waals surface area contributed by atoms with E-state index in [1.165, 1.54) is 0 Å². The molecule has 0 aliphatic carbocycles. The van der Waals surface area contributed by atoms with Crippen LogP contribution in [-0.4, -0.2) is 23.1 Å². The van der Waals surface area contributed by atoms with E-state index in [9.17, 15) is 0 Å². The Labute approximate surface area is 77.5 Å². The summed E-state index contributed by atoms with van der Waals surface area (Å²) in [6, 6.07) is 1.88. The largest absolute Gasteiger partial charge is 0.271 e. The summed E-state index contributed by atoms with van der Waals surface area (Å²) in [5, 5.41) is 1.77. The van der Waals surface area contributed by atoms with Crippen LogP contribution in [0.2, 0.25) is 0 Å². The van der Waals surface area contributed by atoms with E-state index in [2.05, 4.69) is 9.97 Å². The van der Waals surface area contributed by atoms with Gasteiger partial charge in [-0.05, 0) is 25.8 Å². The minimum Gasteiger partial charge on any atom is -0.271 e. The molecular weight excluding hydrogens is 166 g/mol. The van der Waals surface area contributed by atoms with Crippen molar-refractivity contribution >= 4 is 5.95 Å². The first-order chi connectivity index (χ1) is 6.36. The van der Waals surface area contributed by atoms with Crippen molar-refractivity contribution < 1.29 is 4.84 Å². The zero-order valence-electron chi connectivity index (χ0n) is 7.73. The summed E-state index contributed by atoms with van der Waals surface area (Å²) in [6.07, 6.45) is 4.04. The van der Waals surface area contributed by atoms with Crippen molar-refractivity contribution in [1.82, 2.24) is 9.97 Å². The van der Waals surface area contributed by atoms with Gasteiger partial charge in [0.05, 0.1) is 6.61 Å². The molecule has 13 heavy (non-hydrogen) atoms. The molecule has 0 unspecified atom stereocenters. The van der Waals surface area contributed by atoms with Crippen molar-refractivity contribution in [3.05, 3.63) is 18.0 Å². The minimum absolute atomic E-state index is 0.680. The summed E-state index contributed by atoms with van der Waals surface area (Å²) in [5.41, 5.74) is 0.971. The molecule has 70 valence electrons. The van der Waals surface area contributed by atoms with Crippen molar-refractivity contribution in [3.8, 4) is 0 Å². The molecule has 1 aromatic heterocycles. The van der Waals surface area contributed by atoms with Crippen LogP contribution in [-0.2, 0) is 4.84 Å². The number of hydrogen-bond acceptors (Lipinski definition) is 4. The van der Waals surface area contributed by atoms with Gasteiger partial charge < -0.3 is 0 Å². The highest BCUT2D eigenvalue weighted by molar-refractivity contribution is 5.26. The molecule has 0 aromatic carbocycles. The number of hydroxylamine groups is 1. The summed E-state index contributed by atoms with van der Waals surface area (Å²) < 4.78 is 0. The number of rotatable bonds is 1. The Kier molecular flexibility index (Phi) is 2.40. The first-order valence-corrected chi connectivity index (χ1v) is 4.56. The van der Waals surface area contributed by atoms with Gasteiger partial charge in [0.2, 0.25) is 5.95 Å². The highest BCUT2D eigenvalue weighted by Gasteiger charge is 2.13. The fourth-order valence-electron chi connectivity index (χ4n) is 1.31. The SMILES string of the molecule is Cc1ccnc(N2CCCCO2)n1. The fourth-order valence-corrected chi connectivity index (χ4v) is 1.31. The summed E-state index contributed by atoms with van der Waals surface area (Å²) in [6.45, 7) is 3.62. The molecule has 1 aliphatic heterocycles. The first-order valence-electron chi connectivity index (χ1n) is 4.56. The molecule has 0 bridgehead atoms. The van der Waals surface area contributed by atoms with Crippen LogP contribution in [0, 0.1) is 6.92 Å². The van der Waals surface area contributed by atoms with Crippen LogP contribution < -0.4 is 5.06 Å². The Morgan fingerprint density at radius 2 is 2.38 bits per heavy atom. The Bertz CT molecular complexity index is 284. The first kappa shape index (κ1) is 8.44. The third-order valence-electron chi connectivity index (χ3n) is 2.01. The second kappa shape index (κ2) is 3.70. The molecule has 1 aromatic rings. The van der Waals surface area contributed by atoms with Gasteiger partial charge in [0, 0.05) is 18.4 Å². The van der Waals surface area contributed by atoms with Gasteiger partial charge in [-0.3, -0.25) is 4.84 Å². The summed E-state index contributed by atoms with van der Waals surface area (Å²) >= 11 is 0. The lowest BCUT2D eigenvalue weighted by atomic mass is 10.3. The summed E-state index contributed by atoms with van der Waals surface area (Å²) in [7, 11) is 0. The molecule has 4 heteroatoms. The van der Waals surface area contributed by atoms with E-state index in [0.717, 1.165) is 31.7 Å². The molecule has 0 spiro atoms. The lowest BCUT2D eigenvalue weighted by Gasteiger charge is -2.25. The van der Waals surface area contributed by atoms with E-state index in [-0.39, 0.29) is 0 Å². The monoisotopic (exact) mass is 179 g/mol. The van der Waals surface area contributed by atoms with Gasteiger partial charge in [0.15, 0.2) is 0 Å². The third-order valence-corrected chi connectivity index (χ3v) is 2.01. The number of nitrogens with zero attached hydrogens (tertiary/aromatic N) is 3. The van der Waals surface area contributed by atoms with Crippen molar-refractivity contribution in [2.45, 2.75) is 19.8 Å². The average Bonchev–Trinajstić information content (AvgIpc) is 2.19. The van der Waals surface area contributed by atoms with E-state index in [1.54, 1.807) is 11.3 Å². The molecule has 1 aliphatic rings. The maximum absolute atomic E-state index is 5.43. The fraction of sp³-hybridized carbons (Fsp3) is 0.556. The molecule has 0 N–H and O–H groups in total. The van der Waals surface area contributed by atoms with Crippen LogP contribution in [0.15, 0.2) is 12.3 Å². The van der Waals surface area contributed by atoms with Gasteiger partial charge in [0.1, 0.15) is 0 Å². The number of aryl methyl sites for hydroxylation is 1. The molecule has 0 atom stereocenters. The zero-order valence-corrected chi connectivity index (χ0v) is 7.73. The second-order valence-electron chi connectivity index (χ2n) is 3.14. The van der Waals surface area contributed by atoms with E-state index in [1.807, 2.05) is 13.0 Å². The number of aromatic nitrogens is 2. The van der Waals surface area contributed by atoms with Gasteiger partial charge >= 0.3 is 0 Å². The van der Waals surface area contributed by atoms with Crippen molar-refractivity contribution in [2.75, 3.05) is 18.2 Å². The lowest BCUT2D eigenvalue weighted by molar-refractivity contribution is 0.0742. The van der Waals surface area contributed by atoms with Crippen LogP contribution in [0.4, 0.5) is 5.95 Å². The maximum atomic E-state index is 5.43. The van der Waals surface area contributed by atoms with Crippen LogP contribution in [0.1, 0.15) is 18.5 Å². The topological polar surface area (TPSA) is 38.2 Å².